The van der Waals surface area contributed by atoms with Crippen molar-refractivity contribution in [2.45, 2.75) is 89.5 Å². The van der Waals surface area contributed by atoms with Gasteiger partial charge in [-0.2, -0.15) is 0 Å². The fourth-order valence-corrected chi connectivity index (χ4v) is 6.83. The second kappa shape index (κ2) is 29.7. The molecule has 0 heterocycles. The summed E-state index contributed by atoms with van der Waals surface area (Å²) in [6.07, 6.45) is 24.3. The quantitative estimate of drug-likeness (QED) is 0.0655. The number of hydrogen-bond donors (Lipinski definition) is 0. The Hall–Kier alpha value is -6.50. The van der Waals surface area contributed by atoms with Gasteiger partial charge < -0.3 is 0 Å². The summed E-state index contributed by atoms with van der Waals surface area (Å²) < 4.78 is 0. The van der Waals surface area contributed by atoms with Crippen LogP contribution in [0.5, 0.6) is 0 Å². The van der Waals surface area contributed by atoms with E-state index in [4.69, 9.17) is 0 Å². The van der Waals surface area contributed by atoms with Crippen molar-refractivity contribution in [3.63, 3.8) is 0 Å². The maximum absolute atomic E-state index is 3.89. The van der Waals surface area contributed by atoms with E-state index in [1.165, 1.54) is 89.0 Å². The highest BCUT2D eigenvalue weighted by Crippen LogP contribution is 2.37. The van der Waals surface area contributed by atoms with Crippen molar-refractivity contribution in [3.05, 3.63) is 232 Å². The van der Waals surface area contributed by atoms with Gasteiger partial charge in [0.1, 0.15) is 0 Å². The van der Waals surface area contributed by atoms with E-state index >= 15 is 0 Å². The molecule has 0 heteroatoms. The van der Waals surface area contributed by atoms with E-state index in [-0.39, 0.29) is 0 Å². The summed E-state index contributed by atoms with van der Waals surface area (Å²) in [5.74, 6) is 0. The van der Waals surface area contributed by atoms with Crippen molar-refractivity contribution >= 4 is 42.5 Å². The van der Waals surface area contributed by atoms with Gasteiger partial charge in [0, 0.05) is 0 Å². The van der Waals surface area contributed by atoms with Gasteiger partial charge in [0.25, 0.3) is 0 Å². The van der Waals surface area contributed by atoms with Gasteiger partial charge in [-0.1, -0.05) is 236 Å². The molecule has 326 valence electrons. The Morgan fingerprint density at radius 2 is 0.698 bits per heavy atom. The molecule has 0 amide bonds. The fraction of sp³-hybridized carbons (Fsp3) is 0.206. The van der Waals surface area contributed by atoms with Crippen molar-refractivity contribution < 1.29 is 0 Å². The van der Waals surface area contributed by atoms with E-state index < -0.39 is 0 Å². The molecule has 6 aromatic carbocycles. The first kappa shape index (κ1) is 52.6. The molecule has 0 nitrogen and oxygen atoms in total. The Morgan fingerprint density at radius 3 is 1.00 bits per heavy atom. The maximum Gasteiger partial charge on any atom is -0.0146 e. The molecule has 0 aliphatic heterocycles. The van der Waals surface area contributed by atoms with Crippen LogP contribution < -0.4 is 0 Å². The molecule has 6 aromatic rings. The number of allylic oxidation sites excluding steroid dienone is 5. The normalized spacial score (nSPS) is 10.5. The van der Waals surface area contributed by atoms with Crippen LogP contribution in [0.2, 0.25) is 0 Å². The van der Waals surface area contributed by atoms with E-state index in [0.29, 0.717) is 0 Å². The molecule has 0 fully saturated rings. The van der Waals surface area contributed by atoms with Crippen LogP contribution in [0.4, 0.5) is 0 Å². The van der Waals surface area contributed by atoms with Gasteiger partial charge in [0.15, 0.2) is 0 Å². The molecule has 0 aliphatic carbocycles. The molecule has 63 heavy (non-hydrogen) atoms. The van der Waals surface area contributed by atoms with Crippen molar-refractivity contribution in [3.8, 4) is 22.3 Å². The lowest BCUT2D eigenvalue weighted by molar-refractivity contribution is 1.34. The van der Waals surface area contributed by atoms with Crippen molar-refractivity contribution in [2.24, 2.45) is 0 Å². The Bertz CT molecular complexity index is 2420. The summed E-state index contributed by atoms with van der Waals surface area (Å²) in [5.41, 5.74) is 19.8. The second-order valence-electron chi connectivity index (χ2n) is 14.7. The van der Waals surface area contributed by atoms with Gasteiger partial charge in [-0.25, -0.2) is 0 Å². The monoisotopic (exact) mass is 831 g/mol. The van der Waals surface area contributed by atoms with Crippen LogP contribution in [0.25, 0.3) is 64.8 Å². The third kappa shape index (κ3) is 17.1. The van der Waals surface area contributed by atoms with Crippen molar-refractivity contribution in [2.75, 3.05) is 0 Å². The maximum atomic E-state index is 3.89. The molecule has 6 rings (SSSR count). The lowest BCUT2D eigenvalue weighted by atomic mass is 9.86. The molecule has 0 bridgehead atoms. The Morgan fingerprint density at radius 1 is 0.397 bits per heavy atom. The van der Waals surface area contributed by atoms with E-state index in [1.54, 1.807) is 6.08 Å². The van der Waals surface area contributed by atoms with Gasteiger partial charge in [0.05, 0.1) is 0 Å². The van der Waals surface area contributed by atoms with Crippen LogP contribution in [-0.4, -0.2) is 0 Å². The molecule has 0 aliphatic rings. The largest absolute Gasteiger partial charge is 0.103 e. The van der Waals surface area contributed by atoms with Crippen LogP contribution in [0.1, 0.15) is 123 Å². The van der Waals surface area contributed by atoms with Gasteiger partial charge in [0.2, 0.25) is 0 Å². The predicted molar refractivity (Wildman–Crippen MR) is 290 cm³/mol. The molecule has 0 saturated heterocycles. The third-order valence-corrected chi connectivity index (χ3v) is 9.83. The van der Waals surface area contributed by atoms with Gasteiger partial charge >= 0.3 is 0 Å². The highest BCUT2D eigenvalue weighted by atomic mass is 14.2. The van der Waals surface area contributed by atoms with E-state index in [9.17, 15) is 0 Å². The minimum Gasteiger partial charge on any atom is -0.103 e. The number of benzene rings is 6. The number of hydrogen-bond acceptors (Lipinski definition) is 0. The zero-order valence-electron chi connectivity index (χ0n) is 40.6. The zero-order chi connectivity index (χ0) is 46.6. The van der Waals surface area contributed by atoms with Gasteiger partial charge in [-0.05, 0) is 144 Å². The molecule has 0 aromatic heterocycles. The van der Waals surface area contributed by atoms with Gasteiger partial charge in [-0.15, -0.1) is 6.58 Å². The first-order chi connectivity index (χ1) is 30.7. The summed E-state index contributed by atoms with van der Waals surface area (Å²) in [4.78, 5) is 0. The van der Waals surface area contributed by atoms with Crippen molar-refractivity contribution in [1.82, 2.24) is 0 Å². The summed E-state index contributed by atoms with van der Waals surface area (Å²) in [6.45, 7) is 32.5. The van der Waals surface area contributed by atoms with E-state index in [1.807, 2.05) is 67.5 Å². The Kier molecular flexibility index (Phi) is 24.8. The van der Waals surface area contributed by atoms with Crippen LogP contribution in [0.3, 0.4) is 0 Å². The van der Waals surface area contributed by atoms with E-state index in [2.05, 4.69) is 217 Å². The lowest BCUT2D eigenvalue weighted by Gasteiger charge is -2.18. The first-order valence-corrected chi connectivity index (χ1v) is 22.8. The first-order valence-electron chi connectivity index (χ1n) is 22.8. The summed E-state index contributed by atoms with van der Waals surface area (Å²) in [6, 6.07) is 45.7. The van der Waals surface area contributed by atoms with Crippen LogP contribution >= 0.6 is 0 Å². The smallest absolute Gasteiger partial charge is 0.0146 e. The topological polar surface area (TPSA) is 0 Å². The molecule has 0 saturated carbocycles. The molecular weight excluding hydrogens is 757 g/mol. The number of rotatable bonds is 12. The highest BCUT2D eigenvalue weighted by Gasteiger charge is 2.15. The molecule has 0 N–H and O–H groups in total. The highest BCUT2D eigenvalue weighted by molar-refractivity contribution is 5.87. The molecule has 0 radical (unpaired) electrons. The summed E-state index contributed by atoms with van der Waals surface area (Å²) in [7, 11) is 0. The average Bonchev–Trinajstić information content (AvgIpc) is 3.31. The second-order valence-corrected chi connectivity index (χ2v) is 14.7. The third-order valence-electron chi connectivity index (χ3n) is 9.83. The Labute approximate surface area is 384 Å². The fourth-order valence-electron chi connectivity index (χ4n) is 6.83. The molecule has 0 atom stereocenters. The molecule has 0 spiro atoms. The summed E-state index contributed by atoms with van der Waals surface area (Å²) in [5, 5.41) is 0. The van der Waals surface area contributed by atoms with Crippen molar-refractivity contribution in [1.29, 1.82) is 0 Å². The van der Waals surface area contributed by atoms with Crippen LogP contribution in [-0.2, 0) is 0 Å². The molecular formula is C63H74. The lowest BCUT2D eigenvalue weighted by Crippen LogP contribution is -1.96. The minimum atomic E-state index is 0.843. The van der Waals surface area contributed by atoms with Gasteiger partial charge in [-0.3, -0.25) is 0 Å². The Balaban J connectivity index is 0.00000102. The average molecular weight is 831 g/mol. The minimum absolute atomic E-state index is 0.843. The zero-order valence-corrected chi connectivity index (χ0v) is 40.6. The summed E-state index contributed by atoms with van der Waals surface area (Å²) >= 11 is 0. The predicted octanol–water partition coefficient (Wildman–Crippen LogP) is 19.6. The SMILES string of the molecule is C=CC/C=C/c1cc(C)c(-c2cc(C)c(-c3cc(/C=C/c4ccccc4)c(/C=C/c4ccccc4)cc3C)cc2C)cc1/C=C/c1ccccc1.C=CC=C(C)C.CC.CC.CC. The van der Waals surface area contributed by atoms with E-state index in [0.717, 1.165) is 6.42 Å². The standard InChI is InChI=1S/C51H46.C6H10.3C2H6/c1-6-7-11-24-44-31-37(2)50(35-46(44)29-26-42-20-14-9-15-21-42)48-33-40(5)49(34-39(48)4)51-36-47(30-27-43-22-16-10-17-23-43)45(32-38(51)3)28-25-41-18-12-8-13-19-41;1-4-5-6(2)3;3*1-2/h6,8-36H,1,7H2,2-5H3;4-5H,1H2,2-3H3;3*1-2H3/b24-11+,28-25+,29-26+,30-27+;;;;. The van der Waals surface area contributed by atoms with Crippen LogP contribution in [0, 0.1) is 27.7 Å². The molecule has 0 unspecified atom stereocenters. The van der Waals surface area contributed by atoms with Crippen LogP contribution in [0.15, 0.2) is 170 Å². The number of aryl methyl sites for hydroxylation is 4.